The largest absolute Gasteiger partial charge is 0.353 e. The fourth-order valence-electron chi connectivity index (χ4n) is 1.75. The lowest BCUT2D eigenvalue weighted by atomic mass is 10.2. The maximum absolute atomic E-state index is 10.7. The summed E-state index contributed by atoms with van der Waals surface area (Å²) < 4.78 is 0. The summed E-state index contributed by atoms with van der Waals surface area (Å²) in [5, 5.41) is 13.5. The van der Waals surface area contributed by atoms with Crippen LogP contribution in [0.3, 0.4) is 0 Å². The van der Waals surface area contributed by atoms with Crippen molar-refractivity contribution in [1.29, 1.82) is 0 Å². The van der Waals surface area contributed by atoms with E-state index in [0.717, 1.165) is 12.8 Å². The zero-order chi connectivity index (χ0) is 12.3. The van der Waals surface area contributed by atoms with Crippen LogP contribution in [0.1, 0.15) is 0 Å². The molecule has 2 heterocycles. The summed E-state index contributed by atoms with van der Waals surface area (Å²) in [6.07, 6.45) is 2.09. The lowest BCUT2D eigenvalue weighted by Crippen LogP contribution is -2.51. The Kier molecular flexibility index (Phi) is 3.29. The Morgan fingerprint density at radius 3 is 3.00 bits per heavy atom. The lowest BCUT2D eigenvalue weighted by molar-refractivity contribution is -0.385. The van der Waals surface area contributed by atoms with E-state index >= 15 is 0 Å². The summed E-state index contributed by atoms with van der Waals surface area (Å²) in [6, 6.07) is 2.81. The number of hydrogen-bond donors (Lipinski definition) is 1. The average molecular weight is 236 g/mol. The van der Waals surface area contributed by atoms with Gasteiger partial charge in [0.25, 0.3) is 5.69 Å². The van der Waals surface area contributed by atoms with E-state index in [-0.39, 0.29) is 11.7 Å². The Morgan fingerprint density at radius 2 is 2.41 bits per heavy atom. The van der Waals surface area contributed by atoms with Crippen LogP contribution in [0.15, 0.2) is 18.3 Å². The van der Waals surface area contributed by atoms with Crippen LogP contribution in [0.25, 0.3) is 0 Å². The van der Waals surface area contributed by atoms with Crippen LogP contribution in [0.5, 0.6) is 0 Å². The highest BCUT2D eigenvalue weighted by Gasteiger charge is 2.20. The van der Waals surface area contributed by atoms with Gasteiger partial charge in [-0.2, -0.15) is 0 Å². The summed E-state index contributed by atoms with van der Waals surface area (Å²) in [7, 11) is 0. The number of carbonyl (C=O) groups is 1. The molecular formula is C10H12N4O3. The van der Waals surface area contributed by atoms with Crippen molar-refractivity contribution in [2.75, 3.05) is 24.5 Å². The Labute approximate surface area is 97.6 Å². The minimum atomic E-state index is -0.483. The number of nitrogens with one attached hydrogen (secondary N) is 1. The molecule has 1 aliphatic heterocycles. The molecule has 1 unspecified atom stereocenters. The zero-order valence-electron chi connectivity index (χ0n) is 9.07. The molecule has 0 spiro atoms. The Balaban J connectivity index is 2.11. The summed E-state index contributed by atoms with van der Waals surface area (Å²) in [5.41, 5.74) is -0.0316. The number of aldehydes is 1. The van der Waals surface area contributed by atoms with E-state index in [0.29, 0.717) is 18.9 Å². The van der Waals surface area contributed by atoms with Crippen molar-refractivity contribution < 1.29 is 9.72 Å². The number of carbonyl (C=O) groups excluding carboxylic acids is 1. The maximum Gasteiger partial charge on any atom is 0.287 e. The third kappa shape index (κ3) is 2.56. The molecule has 1 saturated heterocycles. The Morgan fingerprint density at radius 1 is 1.59 bits per heavy atom. The first-order chi connectivity index (χ1) is 8.20. The smallest absolute Gasteiger partial charge is 0.287 e. The molecular weight excluding hydrogens is 224 g/mol. The first kappa shape index (κ1) is 11.5. The molecule has 1 aromatic heterocycles. The number of nitro groups is 1. The number of pyridine rings is 1. The molecule has 1 aromatic rings. The monoisotopic (exact) mass is 236 g/mol. The second-order valence-corrected chi connectivity index (χ2v) is 3.77. The highest BCUT2D eigenvalue weighted by molar-refractivity contribution is 5.60. The molecule has 1 aliphatic rings. The molecule has 0 amide bonds. The van der Waals surface area contributed by atoms with Gasteiger partial charge in [0.1, 0.15) is 18.3 Å². The molecule has 17 heavy (non-hydrogen) atoms. The van der Waals surface area contributed by atoms with Gasteiger partial charge in [-0.05, 0) is 6.07 Å². The lowest BCUT2D eigenvalue weighted by Gasteiger charge is -2.31. The van der Waals surface area contributed by atoms with Crippen LogP contribution in [0.4, 0.5) is 11.5 Å². The number of nitrogens with zero attached hydrogens (tertiary/aromatic N) is 3. The van der Waals surface area contributed by atoms with E-state index < -0.39 is 4.92 Å². The van der Waals surface area contributed by atoms with Crippen LogP contribution < -0.4 is 10.2 Å². The number of hydrogen-bond acceptors (Lipinski definition) is 6. The van der Waals surface area contributed by atoms with Gasteiger partial charge in [0.2, 0.25) is 0 Å². The van der Waals surface area contributed by atoms with E-state index in [1.54, 1.807) is 6.07 Å². The molecule has 2 rings (SSSR count). The predicted molar refractivity (Wildman–Crippen MR) is 61.0 cm³/mol. The summed E-state index contributed by atoms with van der Waals surface area (Å²) in [4.78, 5) is 26.6. The summed E-state index contributed by atoms with van der Waals surface area (Å²) in [5.74, 6) is 0.656. The third-order valence-corrected chi connectivity index (χ3v) is 2.64. The summed E-state index contributed by atoms with van der Waals surface area (Å²) >= 11 is 0. The van der Waals surface area contributed by atoms with Crippen molar-refractivity contribution in [1.82, 2.24) is 10.3 Å². The fourth-order valence-corrected chi connectivity index (χ4v) is 1.75. The molecule has 0 aliphatic carbocycles. The van der Waals surface area contributed by atoms with Gasteiger partial charge in [-0.25, -0.2) is 4.98 Å². The number of rotatable bonds is 3. The fraction of sp³-hybridized carbons (Fsp3) is 0.400. The highest BCUT2D eigenvalue weighted by Crippen LogP contribution is 2.16. The molecule has 0 bridgehead atoms. The van der Waals surface area contributed by atoms with Gasteiger partial charge < -0.3 is 15.0 Å². The summed E-state index contributed by atoms with van der Waals surface area (Å²) in [6.45, 7) is 1.96. The first-order valence-corrected chi connectivity index (χ1v) is 5.25. The molecule has 90 valence electrons. The molecule has 1 N–H and O–H groups in total. The van der Waals surface area contributed by atoms with Crippen molar-refractivity contribution in [3.05, 3.63) is 28.4 Å². The first-order valence-electron chi connectivity index (χ1n) is 5.25. The minimum Gasteiger partial charge on any atom is -0.353 e. The molecule has 7 nitrogen and oxygen atoms in total. The van der Waals surface area contributed by atoms with Crippen molar-refractivity contribution >= 4 is 17.8 Å². The van der Waals surface area contributed by atoms with Crippen molar-refractivity contribution in [2.24, 2.45) is 0 Å². The second kappa shape index (κ2) is 4.88. The molecule has 1 atom stereocenters. The zero-order valence-corrected chi connectivity index (χ0v) is 9.07. The molecule has 0 radical (unpaired) electrons. The number of piperazine rings is 1. The van der Waals surface area contributed by atoms with Gasteiger partial charge in [0.15, 0.2) is 0 Å². The molecule has 0 saturated carbocycles. The normalized spacial score (nSPS) is 20.0. The quantitative estimate of drug-likeness (QED) is 0.450. The number of aromatic nitrogens is 1. The Hall–Kier alpha value is -2.02. The van der Waals surface area contributed by atoms with Gasteiger partial charge in [-0.1, -0.05) is 0 Å². The second-order valence-electron chi connectivity index (χ2n) is 3.77. The molecule has 7 heteroatoms. The maximum atomic E-state index is 10.7. The molecule has 0 aromatic carbocycles. The van der Waals surface area contributed by atoms with Gasteiger partial charge in [0, 0.05) is 25.7 Å². The Bertz CT molecular complexity index is 420. The van der Waals surface area contributed by atoms with Gasteiger partial charge in [-0.15, -0.1) is 0 Å². The van der Waals surface area contributed by atoms with Gasteiger partial charge in [0.05, 0.1) is 11.0 Å². The van der Waals surface area contributed by atoms with E-state index in [1.165, 1.54) is 12.3 Å². The van der Waals surface area contributed by atoms with E-state index in [1.807, 2.05) is 4.90 Å². The predicted octanol–water partition coefficient (Wildman–Crippen LogP) is -0.0331. The van der Waals surface area contributed by atoms with E-state index in [4.69, 9.17) is 0 Å². The standard InChI is InChI=1S/C10H12N4O3/c15-7-8-6-13(4-3-11-8)10-2-1-9(5-12-10)14(16)17/h1-2,5,7-8,11H,3-4,6H2. The van der Waals surface area contributed by atoms with Crippen LogP contribution in [0, 0.1) is 10.1 Å². The van der Waals surface area contributed by atoms with E-state index in [2.05, 4.69) is 10.3 Å². The highest BCUT2D eigenvalue weighted by atomic mass is 16.6. The van der Waals surface area contributed by atoms with Gasteiger partial charge in [-0.3, -0.25) is 10.1 Å². The number of anilines is 1. The SMILES string of the molecule is O=CC1CN(c2ccc([N+](=O)[O-])cn2)CCN1. The molecule has 1 fully saturated rings. The van der Waals surface area contributed by atoms with Crippen LogP contribution >= 0.6 is 0 Å². The van der Waals surface area contributed by atoms with Crippen LogP contribution in [-0.2, 0) is 4.79 Å². The van der Waals surface area contributed by atoms with Crippen LogP contribution in [0.2, 0.25) is 0 Å². The minimum absolute atomic E-state index is 0.0316. The van der Waals surface area contributed by atoms with Crippen molar-refractivity contribution in [2.45, 2.75) is 6.04 Å². The van der Waals surface area contributed by atoms with Crippen molar-refractivity contribution in [3.63, 3.8) is 0 Å². The van der Waals surface area contributed by atoms with Gasteiger partial charge >= 0.3 is 0 Å². The topological polar surface area (TPSA) is 88.4 Å². The van der Waals surface area contributed by atoms with Crippen molar-refractivity contribution in [3.8, 4) is 0 Å². The third-order valence-electron chi connectivity index (χ3n) is 2.64. The van der Waals surface area contributed by atoms with E-state index in [9.17, 15) is 14.9 Å². The average Bonchev–Trinajstić information content (AvgIpc) is 2.39. The van der Waals surface area contributed by atoms with Crippen LogP contribution in [-0.4, -0.2) is 41.9 Å².